The van der Waals surface area contributed by atoms with Gasteiger partial charge in [-0.15, -0.1) is 0 Å². The third-order valence-electron chi connectivity index (χ3n) is 2.25. The molecule has 0 aromatic heterocycles. The van der Waals surface area contributed by atoms with Crippen molar-refractivity contribution in [3.05, 3.63) is 23.8 Å². The quantitative estimate of drug-likeness (QED) is 0.799. The Hall–Kier alpha value is -1.54. The molecule has 0 spiro atoms. The zero-order valence-electron chi connectivity index (χ0n) is 9.23. The molecule has 0 aliphatic heterocycles. The largest absolute Gasteiger partial charge is 0.496 e. The second-order valence-electron chi connectivity index (χ2n) is 3.24. The van der Waals surface area contributed by atoms with Crippen LogP contribution < -0.4 is 4.74 Å². The van der Waals surface area contributed by atoms with E-state index in [1.165, 1.54) is 13.2 Å². The van der Waals surface area contributed by atoms with Crippen molar-refractivity contribution in [3.63, 3.8) is 0 Å². The van der Waals surface area contributed by atoms with Gasteiger partial charge in [0.25, 0.3) is 0 Å². The molecule has 0 atom stereocenters. The van der Waals surface area contributed by atoms with Gasteiger partial charge < -0.3 is 4.74 Å². The van der Waals surface area contributed by atoms with E-state index in [-0.39, 0.29) is 4.90 Å². The normalized spacial score (nSPS) is 10.8. The van der Waals surface area contributed by atoms with Gasteiger partial charge in [0.05, 0.1) is 18.1 Å². The lowest BCUT2D eigenvalue weighted by molar-refractivity contribution is 0.409. The van der Waals surface area contributed by atoms with Crippen LogP contribution in [-0.2, 0) is 16.3 Å². The summed E-state index contributed by atoms with van der Waals surface area (Å²) in [6, 6.07) is 6.29. The minimum absolute atomic E-state index is 0.173. The molecule has 0 bridgehead atoms. The SMILES string of the molecule is CCc1cc(S(=O)(=O)CC#N)ccc1OC. The Morgan fingerprint density at radius 3 is 2.62 bits per heavy atom. The molecule has 0 heterocycles. The first kappa shape index (κ1) is 12.5. The van der Waals surface area contributed by atoms with Crippen LogP contribution in [0.2, 0.25) is 0 Å². The summed E-state index contributed by atoms with van der Waals surface area (Å²) in [6.45, 7) is 1.92. The summed E-state index contributed by atoms with van der Waals surface area (Å²) in [5, 5.41) is 8.44. The van der Waals surface area contributed by atoms with Gasteiger partial charge >= 0.3 is 0 Å². The van der Waals surface area contributed by atoms with Crippen molar-refractivity contribution in [2.45, 2.75) is 18.2 Å². The number of aryl methyl sites for hydroxylation is 1. The fraction of sp³-hybridized carbons (Fsp3) is 0.364. The highest BCUT2D eigenvalue weighted by atomic mass is 32.2. The molecule has 1 rings (SSSR count). The number of rotatable bonds is 4. The number of nitriles is 1. The van der Waals surface area contributed by atoms with E-state index in [4.69, 9.17) is 10.00 Å². The lowest BCUT2D eigenvalue weighted by Crippen LogP contribution is -2.05. The summed E-state index contributed by atoms with van der Waals surface area (Å²) >= 11 is 0. The van der Waals surface area contributed by atoms with Crippen LogP contribution in [0, 0.1) is 11.3 Å². The van der Waals surface area contributed by atoms with Crippen LogP contribution in [0.1, 0.15) is 12.5 Å². The van der Waals surface area contributed by atoms with Crippen LogP contribution in [0.5, 0.6) is 5.75 Å². The van der Waals surface area contributed by atoms with Gasteiger partial charge in [0.1, 0.15) is 11.5 Å². The summed E-state index contributed by atoms with van der Waals surface area (Å²) in [5.74, 6) is 0.168. The molecular formula is C11H13NO3S. The number of ether oxygens (including phenoxy) is 1. The molecule has 0 N–H and O–H groups in total. The second-order valence-corrected chi connectivity index (χ2v) is 5.23. The van der Waals surface area contributed by atoms with Crippen LogP contribution in [0.15, 0.2) is 23.1 Å². The molecule has 0 aliphatic carbocycles. The Morgan fingerprint density at radius 1 is 1.44 bits per heavy atom. The molecule has 86 valence electrons. The third kappa shape index (κ3) is 2.52. The number of nitrogens with zero attached hydrogens (tertiary/aromatic N) is 1. The molecule has 0 radical (unpaired) electrons. The first-order chi connectivity index (χ1) is 7.55. The number of hydrogen-bond donors (Lipinski definition) is 0. The molecule has 0 aliphatic rings. The van der Waals surface area contributed by atoms with E-state index in [1.54, 1.807) is 18.2 Å². The van der Waals surface area contributed by atoms with E-state index in [0.717, 1.165) is 5.56 Å². The van der Waals surface area contributed by atoms with Crippen molar-refractivity contribution in [2.75, 3.05) is 12.9 Å². The maximum Gasteiger partial charge on any atom is 0.191 e. The molecule has 0 unspecified atom stereocenters. The lowest BCUT2D eigenvalue weighted by atomic mass is 10.1. The Balaban J connectivity index is 3.24. The number of sulfone groups is 1. The monoisotopic (exact) mass is 239 g/mol. The van der Waals surface area contributed by atoms with Gasteiger partial charge in [-0.1, -0.05) is 6.92 Å². The predicted octanol–water partition coefficient (Wildman–Crippen LogP) is 1.55. The summed E-state index contributed by atoms with van der Waals surface area (Å²) in [7, 11) is -1.94. The molecule has 0 saturated carbocycles. The topological polar surface area (TPSA) is 67.2 Å². The van der Waals surface area contributed by atoms with E-state index < -0.39 is 15.6 Å². The van der Waals surface area contributed by atoms with Crippen LogP contribution in [0.3, 0.4) is 0 Å². The van der Waals surface area contributed by atoms with Gasteiger partial charge in [-0.3, -0.25) is 0 Å². The van der Waals surface area contributed by atoms with E-state index in [0.29, 0.717) is 12.2 Å². The molecule has 4 nitrogen and oxygen atoms in total. The average molecular weight is 239 g/mol. The lowest BCUT2D eigenvalue weighted by Gasteiger charge is -2.08. The van der Waals surface area contributed by atoms with Gasteiger partial charge in [-0.05, 0) is 30.2 Å². The Bertz CT molecular complexity index is 515. The fourth-order valence-corrected chi connectivity index (χ4v) is 2.33. The van der Waals surface area contributed by atoms with Crippen molar-refractivity contribution in [1.29, 1.82) is 5.26 Å². The highest BCUT2D eigenvalue weighted by Crippen LogP contribution is 2.23. The molecule has 16 heavy (non-hydrogen) atoms. The maximum absolute atomic E-state index is 11.6. The molecule has 0 amide bonds. The Morgan fingerprint density at radius 2 is 2.12 bits per heavy atom. The smallest absolute Gasteiger partial charge is 0.191 e. The summed E-state index contributed by atoms with van der Waals surface area (Å²) in [5.41, 5.74) is 0.821. The summed E-state index contributed by atoms with van der Waals surface area (Å²) in [6.07, 6.45) is 0.680. The minimum atomic E-state index is -3.48. The first-order valence-corrected chi connectivity index (χ1v) is 6.47. The molecule has 0 saturated heterocycles. The minimum Gasteiger partial charge on any atom is -0.496 e. The van der Waals surface area contributed by atoms with E-state index in [1.807, 2.05) is 6.92 Å². The van der Waals surface area contributed by atoms with Crippen LogP contribution in [0.4, 0.5) is 0 Å². The molecule has 5 heteroatoms. The summed E-state index contributed by atoms with van der Waals surface area (Å²) in [4.78, 5) is 0.173. The van der Waals surface area contributed by atoms with Gasteiger partial charge in [0.15, 0.2) is 9.84 Å². The second kappa shape index (κ2) is 4.99. The standard InChI is InChI=1S/C11H13NO3S/c1-3-9-8-10(4-5-11(9)15-2)16(13,14)7-6-12/h4-5,8H,3,7H2,1-2H3. The first-order valence-electron chi connectivity index (χ1n) is 4.81. The van der Waals surface area contributed by atoms with Gasteiger partial charge in [-0.25, -0.2) is 8.42 Å². The fourth-order valence-electron chi connectivity index (χ4n) is 1.39. The Labute approximate surface area is 95.4 Å². The molecular weight excluding hydrogens is 226 g/mol. The molecule has 1 aromatic rings. The summed E-state index contributed by atoms with van der Waals surface area (Å²) < 4.78 is 28.4. The van der Waals surface area contributed by atoms with Crippen molar-refractivity contribution < 1.29 is 13.2 Å². The zero-order chi connectivity index (χ0) is 12.2. The Kier molecular flexibility index (Phi) is 3.91. The molecule has 1 aromatic carbocycles. The average Bonchev–Trinajstić information content (AvgIpc) is 2.28. The highest BCUT2D eigenvalue weighted by molar-refractivity contribution is 7.91. The van der Waals surface area contributed by atoms with Gasteiger partial charge in [-0.2, -0.15) is 5.26 Å². The van der Waals surface area contributed by atoms with Crippen molar-refractivity contribution in [2.24, 2.45) is 0 Å². The highest BCUT2D eigenvalue weighted by Gasteiger charge is 2.15. The number of benzene rings is 1. The zero-order valence-corrected chi connectivity index (χ0v) is 10.0. The van der Waals surface area contributed by atoms with E-state index in [9.17, 15) is 8.42 Å². The maximum atomic E-state index is 11.6. The van der Waals surface area contributed by atoms with Crippen LogP contribution in [-0.4, -0.2) is 21.3 Å². The third-order valence-corrected chi connectivity index (χ3v) is 3.73. The van der Waals surface area contributed by atoms with Crippen molar-refractivity contribution >= 4 is 9.84 Å². The van der Waals surface area contributed by atoms with Gasteiger partial charge in [0.2, 0.25) is 0 Å². The number of methoxy groups -OCH3 is 1. The van der Waals surface area contributed by atoms with E-state index >= 15 is 0 Å². The van der Waals surface area contributed by atoms with Crippen LogP contribution >= 0.6 is 0 Å². The number of hydrogen-bond acceptors (Lipinski definition) is 4. The van der Waals surface area contributed by atoms with E-state index in [2.05, 4.69) is 0 Å². The van der Waals surface area contributed by atoms with Crippen LogP contribution in [0.25, 0.3) is 0 Å². The predicted molar refractivity (Wildman–Crippen MR) is 60.0 cm³/mol. The van der Waals surface area contributed by atoms with Crippen molar-refractivity contribution in [3.8, 4) is 11.8 Å². The molecule has 0 fully saturated rings. The van der Waals surface area contributed by atoms with Gasteiger partial charge in [0, 0.05) is 0 Å². The van der Waals surface area contributed by atoms with Crippen molar-refractivity contribution in [1.82, 2.24) is 0 Å².